The Bertz CT molecular complexity index is 1370. The smallest absolute Gasteiger partial charge is 0.224 e. The predicted molar refractivity (Wildman–Crippen MR) is 151 cm³/mol. The number of fused-ring (bicyclic) bond motifs is 2. The number of nitrogens with one attached hydrogen (secondary N) is 2. The van der Waals surface area contributed by atoms with Crippen molar-refractivity contribution in [3.63, 3.8) is 0 Å². The third-order valence-electron chi connectivity index (χ3n) is 9.97. The maximum Gasteiger partial charge on any atom is 0.224 e. The highest BCUT2D eigenvalue weighted by Crippen LogP contribution is 2.71. The quantitative estimate of drug-likeness (QED) is 0.398. The number of aldehydes is 1. The minimum Gasteiger partial charge on any atom is -0.356 e. The van der Waals surface area contributed by atoms with Crippen molar-refractivity contribution in [2.75, 3.05) is 6.54 Å². The van der Waals surface area contributed by atoms with Crippen LogP contribution in [-0.4, -0.2) is 47.4 Å². The van der Waals surface area contributed by atoms with Crippen LogP contribution in [0.4, 0.5) is 0 Å². The fourth-order valence-electron chi connectivity index (χ4n) is 7.51. The first-order valence-electron chi connectivity index (χ1n) is 14.7. The van der Waals surface area contributed by atoms with E-state index in [9.17, 15) is 24.0 Å². The van der Waals surface area contributed by atoms with E-state index in [4.69, 9.17) is 4.52 Å². The van der Waals surface area contributed by atoms with Crippen LogP contribution in [0.15, 0.2) is 28.8 Å². The number of nitrogens with zero attached hydrogens (tertiary/aromatic N) is 1. The van der Waals surface area contributed by atoms with Crippen molar-refractivity contribution in [1.82, 2.24) is 15.8 Å². The van der Waals surface area contributed by atoms with Crippen LogP contribution in [0.5, 0.6) is 0 Å². The van der Waals surface area contributed by atoms with Crippen LogP contribution in [0, 0.1) is 46.3 Å². The Morgan fingerprint density at radius 1 is 1.22 bits per heavy atom. The van der Waals surface area contributed by atoms with Gasteiger partial charge >= 0.3 is 0 Å². The number of Topliss-reactive ketones (excluding diaryl/α,β-unsaturated/α-hetero) is 2. The van der Waals surface area contributed by atoms with Crippen molar-refractivity contribution in [2.45, 2.75) is 72.8 Å². The van der Waals surface area contributed by atoms with Crippen LogP contribution in [-0.2, 0) is 30.4 Å². The normalized spacial score (nSPS) is 28.0. The highest BCUT2D eigenvalue weighted by atomic mass is 16.5. The van der Waals surface area contributed by atoms with Gasteiger partial charge in [-0.25, -0.2) is 0 Å². The number of aromatic nitrogens is 1. The molecule has 1 saturated heterocycles. The van der Waals surface area contributed by atoms with Gasteiger partial charge in [-0.15, -0.1) is 0 Å². The summed E-state index contributed by atoms with van der Waals surface area (Å²) in [6.07, 6.45) is 2.29. The van der Waals surface area contributed by atoms with E-state index in [-0.39, 0.29) is 65.8 Å². The summed E-state index contributed by atoms with van der Waals surface area (Å²) >= 11 is 0. The number of ketones is 2. The van der Waals surface area contributed by atoms with Crippen molar-refractivity contribution in [2.24, 2.45) is 46.3 Å². The Morgan fingerprint density at radius 3 is 2.61 bits per heavy atom. The van der Waals surface area contributed by atoms with Crippen LogP contribution >= 0.6 is 0 Å². The van der Waals surface area contributed by atoms with Gasteiger partial charge in [-0.3, -0.25) is 19.2 Å². The molecule has 1 aliphatic heterocycles. The highest BCUT2D eigenvalue weighted by molar-refractivity contribution is 5.96. The van der Waals surface area contributed by atoms with Gasteiger partial charge in [-0.1, -0.05) is 51.9 Å². The molecule has 1 aromatic carbocycles. The van der Waals surface area contributed by atoms with Gasteiger partial charge in [0.2, 0.25) is 11.8 Å². The summed E-state index contributed by atoms with van der Waals surface area (Å²) in [6.45, 7) is 10.7. The van der Waals surface area contributed by atoms with E-state index in [0.29, 0.717) is 36.9 Å². The first kappa shape index (κ1) is 29.1. The Morgan fingerprint density at radius 2 is 1.95 bits per heavy atom. The zero-order valence-electron chi connectivity index (χ0n) is 24.6. The molecule has 2 unspecified atom stereocenters. The first-order valence-corrected chi connectivity index (χ1v) is 14.7. The molecule has 3 aliphatic rings. The molecular weight excluding hydrogens is 522 g/mol. The van der Waals surface area contributed by atoms with Gasteiger partial charge in [0.15, 0.2) is 5.58 Å². The maximum atomic E-state index is 14.2. The van der Waals surface area contributed by atoms with Gasteiger partial charge in [0.25, 0.3) is 0 Å². The number of amides is 2. The van der Waals surface area contributed by atoms with Crippen molar-refractivity contribution in [3.05, 3.63) is 30.0 Å². The number of para-hydroxylation sites is 1. The van der Waals surface area contributed by atoms with Crippen molar-refractivity contribution < 1.29 is 28.5 Å². The Labute approximate surface area is 240 Å². The van der Waals surface area contributed by atoms with E-state index in [1.807, 2.05) is 39.0 Å². The lowest BCUT2D eigenvalue weighted by Gasteiger charge is -2.34. The van der Waals surface area contributed by atoms with E-state index in [2.05, 4.69) is 29.6 Å². The SMILES string of the molecule is CC(C)(C)[C@H](CC(=O)Cc1noc2ccccc12)C(=O)C1C[C@H]2[C@@H]([C@H]1C(=O)N[C@H](C=O)CC1CCNC1=O)C2(C)C. The van der Waals surface area contributed by atoms with Crippen molar-refractivity contribution >= 4 is 40.6 Å². The molecule has 5 rings (SSSR count). The van der Waals surface area contributed by atoms with E-state index < -0.39 is 29.2 Å². The summed E-state index contributed by atoms with van der Waals surface area (Å²) in [5, 5.41) is 10.5. The van der Waals surface area contributed by atoms with Crippen molar-refractivity contribution in [1.29, 1.82) is 0 Å². The van der Waals surface area contributed by atoms with E-state index in [0.717, 1.165) is 5.39 Å². The summed E-state index contributed by atoms with van der Waals surface area (Å²) in [6, 6.07) is 6.59. The monoisotopic (exact) mass is 563 g/mol. The lowest BCUT2D eigenvalue weighted by Crippen LogP contribution is -2.47. The summed E-state index contributed by atoms with van der Waals surface area (Å²) in [4.78, 5) is 65.2. The summed E-state index contributed by atoms with van der Waals surface area (Å²) in [5.74, 6) is -2.25. The Kier molecular flexibility index (Phi) is 7.68. The second kappa shape index (κ2) is 10.8. The summed E-state index contributed by atoms with van der Waals surface area (Å²) in [7, 11) is 0. The van der Waals surface area contributed by atoms with Gasteiger partial charge in [0, 0.05) is 36.1 Å². The third kappa shape index (κ3) is 5.60. The molecule has 2 aromatic rings. The minimum atomic E-state index is -0.787. The van der Waals surface area contributed by atoms with E-state index in [1.54, 1.807) is 6.07 Å². The van der Waals surface area contributed by atoms with Crippen LogP contribution in [0.25, 0.3) is 11.0 Å². The van der Waals surface area contributed by atoms with Gasteiger partial charge in [-0.05, 0) is 54.1 Å². The molecule has 2 aliphatic carbocycles. The molecule has 41 heavy (non-hydrogen) atoms. The molecule has 2 amide bonds. The first-order chi connectivity index (χ1) is 19.3. The molecule has 0 radical (unpaired) electrons. The number of benzene rings is 1. The molecule has 1 aromatic heterocycles. The fraction of sp³-hybridized carbons (Fsp3) is 0.625. The van der Waals surface area contributed by atoms with Crippen LogP contribution < -0.4 is 10.6 Å². The Hall–Kier alpha value is -3.36. The van der Waals surface area contributed by atoms with Gasteiger partial charge in [0.1, 0.15) is 17.9 Å². The molecule has 7 atom stereocenters. The van der Waals surface area contributed by atoms with Gasteiger partial charge in [0.05, 0.1) is 24.1 Å². The molecule has 9 nitrogen and oxygen atoms in total. The molecule has 3 fully saturated rings. The fourth-order valence-corrected chi connectivity index (χ4v) is 7.51. The molecule has 9 heteroatoms. The van der Waals surface area contributed by atoms with Gasteiger partial charge < -0.3 is 20.0 Å². The summed E-state index contributed by atoms with van der Waals surface area (Å²) < 4.78 is 5.36. The second-order valence-corrected chi connectivity index (χ2v) is 14.0. The standard InChI is InChI=1S/C32H41N3O6/c1-31(2,3)23(13-19(37)14-24-20-8-6-7-9-25(20)41-35-24)28(38)21-15-22-27(32(22,4)5)26(21)30(40)34-18(16-36)12-17-10-11-33-29(17)39/h6-9,16-18,21-23,26-27H,10-15H2,1-5H3,(H,33,39)(H,34,40)/t17?,18-,21?,22-,23+,26-,27-/m0/s1. The Balaban J connectivity index is 1.32. The van der Waals surface area contributed by atoms with Crippen LogP contribution in [0.3, 0.4) is 0 Å². The van der Waals surface area contributed by atoms with Crippen LogP contribution in [0.1, 0.15) is 66.0 Å². The number of carbonyl (C=O) groups is 5. The molecule has 2 saturated carbocycles. The lowest BCUT2D eigenvalue weighted by molar-refractivity contribution is -0.140. The van der Waals surface area contributed by atoms with Gasteiger partial charge in [-0.2, -0.15) is 0 Å². The van der Waals surface area contributed by atoms with Crippen LogP contribution in [0.2, 0.25) is 0 Å². The highest BCUT2D eigenvalue weighted by Gasteiger charge is 2.70. The number of hydrogen-bond donors (Lipinski definition) is 2. The minimum absolute atomic E-state index is 0.0383. The average molecular weight is 564 g/mol. The summed E-state index contributed by atoms with van der Waals surface area (Å²) in [5.41, 5.74) is 0.607. The van der Waals surface area contributed by atoms with E-state index >= 15 is 0 Å². The number of rotatable bonds is 11. The number of carbonyl (C=O) groups excluding carboxylic acids is 5. The van der Waals surface area contributed by atoms with E-state index in [1.165, 1.54) is 0 Å². The largest absolute Gasteiger partial charge is 0.356 e. The lowest BCUT2D eigenvalue weighted by atomic mass is 9.68. The molecule has 2 N–H and O–H groups in total. The molecule has 2 heterocycles. The topological polar surface area (TPSA) is 135 Å². The predicted octanol–water partition coefficient (Wildman–Crippen LogP) is 3.68. The zero-order valence-corrected chi connectivity index (χ0v) is 24.6. The molecule has 220 valence electrons. The molecule has 0 bridgehead atoms. The molecular formula is C32H41N3O6. The second-order valence-electron chi connectivity index (χ2n) is 14.0. The average Bonchev–Trinajstić information content (AvgIpc) is 3.40. The zero-order chi connectivity index (χ0) is 29.7. The third-order valence-corrected chi connectivity index (χ3v) is 9.97. The number of hydrogen-bond acceptors (Lipinski definition) is 7. The molecule has 0 spiro atoms. The van der Waals surface area contributed by atoms with Crippen molar-refractivity contribution in [3.8, 4) is 0 Å². The maximum absolute atomic E-state index is 14.2.